The average Bonchev–Trinajstić information content (AvgIpc) is 3.58. The van der Waals surface area contributed by atoms with Crippen LogP contribution in [0.5, 0.6) is 5.75 Å². The molecule has 0 saturated carbocycles. The number of nitrogens with zero attached hydrogens (tertiary/aromatic N) is 3. The van der Waals surface area contributed by atoms with Crippen molar-refractivity contribution < 1.29 is 50.1 Å². The molecular formula is C36H33F6N3O5S. The zero-order valence-corrected chi connectivity index (χ0v) is 29.0. The standard InChI is InChI=1S/C36H33F6N3O5S/c1-18-11-25(26-14-21(7-8-29(26)48-4)27-17-51-31(19(27)2)33(46)49-5)28(43-32(18)44-9-6-10-44)16-45-20(3)30(50-34(45)47)22-12-23(35(37,38)39)15-24(13-22)36(40,41)42/h7-8,11-15,17,20,30H,6,9-10,16H2,1-5H3/t20-,30-/m0/s1. The minimum atomic E-state index is -5.06. The van der Waals surface area contributed by atoms with Crippen LogP contribution in [-0.2, 0) is 28.4 Å². The molecule has 0 bridgehead atoms. The molecule has 1 amide bonds. The van der Waals surface area contributed by atoms with E-state index in [4.69, 9.17) is 19.2 Å². The zero-order valence-electron chi connectivity index (χ0n) is 28.2. The number of amides is 1. The number of benzene rings is 2. The number of hydrogen-bond acceptors (Lipinski definition) is 8. The number of halogens is 6. The number of aryl methyl sites for hydroxylation is 1. The van der Waals surface area contributed by atoms with Gasteiger partial charge in [0.2, 0.25) is 0 Å². The number of aromatic nitrogens is 1. The van der Waals surface area contributed by atoms with Crippen molar-refractivity contribution in [3.05, 3.63) is 86.2 Å². The van der Waals surface area contributed by atoms with E-state index < -0.39 is 53.3 Å². The van der Waals surface area contributed by atoms with Gasteiger partial charge in [0.15, 0.2) is 0 Å². The van der Waals surface area contributed by atoms with Gasteiger partial charge >= 0.3 is 24.4 Å². The summed E-state index contributed by atoms with van der Waals surface area (Å²) in [5, 5.41) is 1.85. The van der Waals surface area contributed by atoms with Gasteiger partial charge in [-0.3, -0.25) is 4.90 Å². The van der Waals surface area contributed by atoms with Gasteiger partial charge in [-0.1, -0.05) is 6.07 Å². The van der Waals surface area contributed by atoms with Crippen molar-refractivity contribution in [1.82, 2.24) is 9.88 Å². The number of carbonyl (C=O) groups excluding carboxylic acids is 2. The molecule has 0 N–H and O–H groups in total. The van der Waals surface area contributed by atoms with Gasteiger partial charge in [-0.25, -0.2) is 14.6 Å². The number of cyclic esters (lactones) is 1. The summed E-state index contributed by atoms with van der Waals surface area (Å²) in [6, 6.07) is 7.66. The van der Waals surface area contributed by atoms with E-state index >= 15 is 0 Å². The number of pyridine rings is 1. The summed E-state index contributed by atoms with van der Waals surface area (Å²) in [5.74, 6) is 0.722. The van der Waals surface area contributed by atoms with E-state index in [1.807, 2.05) is 37.4 Å². The SMILES string of the molecule is COC(=O)c1scc(-c2ccc(OC)c(-c3cc(C)c(N4CCC4)nc3CN3C(=O)O[C@H](c4cc(C(F)(F)F)cc(C(F)(F)F)c4)[C@@H]3C)c2)c1C. The van der Waals surface area contributed by atoms with Gasteiger partial charge < -0.3 is 19.1 Å². The third-order valence-electron chi connectivity index (χ3n) is 9.28. The molecule has 51 heavy (non-hydrogen) atoms. The average molecular weight is 734 g/mol. The minimum Gasteiger partial charge on any atom is -0.496 e. The molecule has 2 saturated heterocycles. The quantitative estimate of drug-likeness (QED) is 0.132. The first kappa shape index (κ1) is 36.0. The Bertz CT molecular complexity index is 1970. The van der Waals surface area contributed by atoms with Gasteiger partial charge in [0.1, 0.15) is 22.5 Å². The highest BCUT2D eigenvalue weighted by molar-refractivity contribution is 7.12. The van der Waals surface area contributed by atoms with E-state index in [1.54, 1.807) is 6.07 Å². The molecule has 4 heterocycles. The number of anilines is 1. The highest BCUT2D eigenvalue weighted by Crippen LogP contribution is 2.44. The van der Waals surface area contributed by atoms with Crippen molar-refractivity contribution >= 4 is 29.2 Å². The molecule has 2 aromatic carbocycles. The second kappa shape index (κ2) is 13.4. The summed E-state index contributed by atoms with van der Waals surface area (Å²) >= 11 is 1.25. The number of hydrogen-bond donors (Lipinski definition) is 0. The van der Waals surface area contributed by atoms with E-state index in [2.05, 4.69) is 4.90 Å². The smallest absolute Gasteiger partial charge is 0.416 e. The van der Waals surface area contributed by atoms with Crippen molar-refractivity contribution in [2.24, 2.45) is 0 Å². The van der Waals surface area contributed by atoms with E-state index in [9.17, 15) is 35.9 Å². The van der Waals surface area contributed by atoms with Crippen LogP contribution in [0.3, 0.4) is 0 Å². The lowest BCUT2D eigenvalue weighted by Crippen LogP contribution is -2.38. The number of thiophene rings is 1. The van der Waals surface area contributed by atoms with Crippen molar-refractivity contribution in [1.29, 1.82) is 0 Å². The summed E-state index contributed by atoms with van der Waals surface area (Å²) in [6.45, 7) is 6.60. The van der Waals surface area contributed by atoms with Crippen LogP contribution in [0, 0.1) is 13.8 Å². The predicted octanol–water partition coefficient (Wildman–Crippen LogP) is 9.22. The number of ether oxygens (including phenoxy) is 3. The molecule has 8 nitrogen and oxygen atoms in total. The minimum absolute atomic E-state index is 0.0396. The third kappa shape index (κ3) is 6.83. The van der Waals surface area contributed by atoms with Crippen LogP contribution >= 0.6 is 11.3 Å². The number of rotatable bonds is 8. The fraction of sp³-hybridized carbons (Fsp3) is 0.361. The second-order valence-electron chi connectivity index (χ2n) is 12.5. The summed E-state index contributed by atoms with van der Waals surface area (Å²) in [6.07, 6.45) is -11.5. The third-order valence-corrected chi connectivity index (χ3v) is 10.3. The van der Waals surface area contributed by atoms with Crippen LogP contribution in [-0.4, -0.2) is 55.3 Å². The summed E-state index contributed by atoms with van der Waals surface area (Å²) < 4.78 is 98.2. The lowest BCUT2D eigenvalue weighted by Gasteiger charge is -2.34. The van der Waals surface area contributed by atoms with Crippen LogP contribution in [0.1, 0.15) is 62.6 Å². The molecule has 0 unspecified atom stereocenters. The molecule has 0 radical (unpaired) electrons. The van der Waals surface area contributed by atoms with Gasteiger partial charge in [0.05, 0.1) is 43.6 Å². The van der Waals surface area contributed by atoms with Crippen LogP contribution in [0.2, 0.25) is 0 Å². The van der Waals surface area contributed by atoms with Gasteiger partial charge in [-0.15, -0.1) is 11.3 Å². The van der Waals surface area contributed by atoms with E-state index in [0.717, 1.165) is 41.8 Å². The molecule has 6 rings (SSSR count). The van der Waals surface area contributed by atoms with Crippen LogP contribution in [0.15, 0.2) is 47.8 Å². The Morgan fingerprint density at radius 1 is 0.961 bits per heavy atom. The Morgan fingerprint density at radius 2 is 1.63 bits per heavy atom. The molecule has 2 fully saturated rings. The molecule has 15 heteroatoms. The Kier molecular flexibility index (Phi) is 9.46. The van der Waals surface area contributed by atoms with Gasteiger partial charge in [-0.05, 0) is 96.8 Å². The number of esters is 1. The summed E-state index contributed by atoms with van der Waals surface area (Å²) in [5.41, 5.74) is 1.35. The molecule has 0 aliphatic carbocycles. The first-order valence-corrected chi connectivity index (χ1v) is 16.8. The predicted molar refractivity (Wildman–Crippen MR) is 178 cm³/mol. The number of methoxy groups -OCH3 is 2. The second-order valence-corrected chi connectivity index (χ2v) is 13.4. The van der Waals surface area contributed by atoms with E-state index in [0.29, 0.717) is 45.4 Å². The fourth-order valence-corrected chi connectivity index (χ4v) is 7.40. The van der Waals surface area contributed by atoms with Crippen molar-refractivity contribution in [2.75, 3.05) is 32.2 Å². The largest absolute Gasteiger partial charge is 0.496 e. The van der Waals surface area contributed by atoms with E-state index in [-0.39, 0.29) is 12.6 Å². The topological polar surface area (TPSA) is 81.2 Å². The maximum atomic E-state index is 13.7. The first-order valence-electron chi connectivity index (χ1n) is 15.9. The molecule has 2 aromatic heterocycles. The van der Waals surface area contributed by atoms with Crippen LogP contribution in [0.4, 0.5) is 37.0 Å². The Balaban J connectivity index is 1.43. The van der Waals surface area contributed by atoms with Crippen molar-refractivity contribution in [3.63, 3.8) is 0 Å². The highest BCUT2D eigenvalue weighted by Gasteiger charge is 2.44. The van der Waals surface area contributed by atoms with Gasteiger partial charge in [0, 0.05) is 24.2 Å². The molecule has 270 valence electrons. The molecule has 0 spiro atoms. The molecule has 4 aromatic rings. The maximum absolute atomic E-state index is 13.7. The van der Waals surface area contributed by atoms with Crippen LogP contribution in [0.25, 0.3) is 22.3 Å². The van der Waals surface area contributed by atoms with Crippen molar-refractivity contribution in [2.45, 2.75) is 58.2 Å². The lowest BCUT2D eigenvalue weighted by atomic mass is 9.94. The highest BCUT2D eigenvalue weighted by atomic mass is 32.1. The fourth-order valence-electron chi connectivity index (χ4n) is 6.39. The summed E-state index contributed by atoms with van der Waals surface area (Å²) in [7, 11) is 2.82. The number of alkyl halides is 6. The Hall–Kier alpha value is -4.79. The van der Waals surface area contributed by atoms with Gasteiger partial charge in [0.25, 0.3) is 0 Å². The maximum Gasteiger partial charge on any atom is 0.416 e. The normalized spacial score (nSPS) is 17.7. The monoisotopic (exact) mass is 733 g/mol. The number of carbonyl (C=O) groups is 2. The first-order chi connectivity index (χ1) is 24.0. The zero-order chi connectivity index (χ0) is 37.0. The Labute approximate surface area is 293 Å². The van der Waals surface area contributed by atoms with Gasteiger partial charge in [-0.2, -0.15) is 26.3 Å². The molecule has 2 aliphatic rings. The molecule has 2 atom stereocenters. The Morgan fingerprint density at radius 3 is 2.20 bits per heavy atom. The van der Waals surface area contributed by atoms with Crippen molar-refractivity contribution in [3.8, 4) is 28.0 Å². The van der Waals surface area contributed by atoms with E-state index in [1.165, 1.54) is 37.4 Å². The molecule has 2 aliphatic heterocycles. The lowest BCUT2D eigenvalue weighted by molar-refractivity contribution is -0.143. The summed E-state index contributed by atoms with van der Waals surface area (Å²) in [4.78, 5) is 34.5. The molecular weight excluding hydrogens is 700 g/mol. The van der Waals surface area contributed by atoms with Crippen LogP contribution < -0.4 is 9.64 Å².